The van der Waals surface area contributed by atoms with Gasteiger partial charge in [-0.15, -0.1) is 0 Å². The molecule has 0 aliphatic heterocycles. The van der Waals surface area contributed by atoms with Crippen LogP contribution in [0.3, 0.4) is 0 Å². The summed E-state index contributed by atoms with van der Waals surface area (Å²) in [5.74, 6) is 0. The number of fused-ring (bicyclic) bond motifs is 1. The van der Waals surface area contributed by atoms with Gasteiger partial charge in [0, 0.05) is 0 Å². The molecule has 0 saturated heterocycles. The highest BCUT2D eigenvalue weighted by Crippen LogP contribution is 2.28. The van der Waals surface area contributed by atoms with Gasteiger partial charge in [-0.25, -0.2) is 0 Å². The maximum atomic E-state index is 3.09. The predicted molar refractivity (Wildman–Crippen MR) is 27.9 cm³/mol. The van der Waals surface area contributed by atoms with Crippen LogP contribution < -0.4 is 0 Å². The van der Waals surface area contributed by atoms with Crippen molar-refractivity contribution in [1.82, 2.24) is 0 Å². The van der Waals surface area contributed by atoms with Crippen molar-refractivity contribution in [2.24, 2.45) is 0 Å². The standard InChI is InChI=1S/C7H4/c1-2-4-7-5-6(7)3-1/h1-4H. The molecule has 0 spiro atoms. The molecule has 0 bridgehead atoms. The third kappa shape index (κ3) is 0.362. The van der Waals surface area contributed by atoms with Crippen LogP contribution in [-0.2, 0) is 0 Å². The lowest BCUT2D eigenvalue weighted by molar-refractivity contribution is 1.77. The summed E-state index contributed by atoms with van der Waals surface area (Å²) in [7, 11) is 0. The minimum Gasteiger partial charge on any atom is -0.0619 e. The Bertz CT molecular complexity index is 168. The minimum absolute atomic E-state index is 1.28. The van der Waals surface area contributed by atoms with Crippen molar-refractivity contribution in [3.05, 3.63) is 41.8 Å². The molecule has 1 aliphatic carbocycles. The third-order valence-electron chi connectivity index (χ3n) is 1.13. The van der Waals surface area contributed by atoms with Crippen LogP contribution in [-0.4, -0.2) is 0 Å². The second kappa shape index (κ2) is 0.890. The third-order valence-corrected chi connectivity index (χ3v) is 1.13. The zero-order valence-corrected chi connectivity index (χ0v) is 3.81. The fourth-order valence-electron chi connectivity index (χ4n) is 0.680. The van der Waals surface area contributed by atoms with Crippen LogP contribution in [0, 0.1) is 6.42 Å². The summed E-state index contributed by atoms with van der Waals surface area (Å²) in [4.78, 5) is 0. The molecular formula is C7H4. The van der Waals surface area contributed by atoms with E-state index in [1.165, 1.54) is 11.1 Å². The highest BCUT2D eigenvalue weighted by atomic mass is 14.2. The van der Waals surface area contributed by atoms with Gasteiger partial charge in [0.2, 0.25) is 0 Å². The molecule has 0 fully saturated rings. The monoisotopic (exact) mass is 88.0 g/mol. The van der Waals surface area contributed by atoms with E-state index in [0.717, 1.165) is 0 Å². The molecule has 0 heterocycles. The van der Waals surface area contributed by atoms with Gasteiger partial charge in [0.15, 0.2) is 0 Å². The predicted octanol–water partition coefficient (Wildman–Crippen LogP) is 1.48. The Morgan fingerprint density at radius 1 is 1.00 bits per heavy atom. The first-order chi connectivity index (χ1) is 3.47. The molecule has 2 radical (unpaired) electrons. The first kappa shape index (κ1) is 3.25. The number of rotatable bonds is 0. The van der Waals surface area contributed by atoms with Crippen LogP contribution in [0.25, 0.3) is 0 Å². The zero-order valence-electron chi connectivity index (χ0n) is 3.81. The highest BCUT2D eigenvalue weighted by molar-refractivity contribution is 5.57. The molecule has 0 amide bonds. The van der Waals surface area contributed by atoms with E-state index in [1.54, 1.807) is 0 Å². The van der Waals surface area contributed by atoms with Crippen LogP contribution in [0.2, 0.25) is 0 Å². The second-order valence-corrected chi connectivity index (χ2v) is 1.67. The SMILES string of the molecule is [C]1c2ccccc21. The van der Waals surface area contributed by atoms with Crippen molar-refractivity contribution in [3.63, 3.8) is 0 Å². The van der Waals surface area contributed by atoms with E-state index in [2.05, 4.69) is 18.6 Å². The van der Waals surface area contributed by atoms with E-state index in [1.807, 2.05) is 12.1 Å². The molecule has 0 aromatic heterocycles. The van der Waals surface area contributed by atoms with Crippen LogP contribution >= 0.6 is 0 Å². The molecular weight excluding hydrogens is 84.1 g/mol. The van der Waals surface area contributed by atoms with E-state index in [4.69, 9.17) is 0 Å². The minimum atomic E-state index is 1.28. The number of hydrogen-bond donors (Lipinski definition) is 0. The zero-order chi connectivity index (χ0) is 4.69. The van der Waals surface area contributed by atoms with Gasteiger partial charge in [-0.1, -0.05) is 24.3 Å². The van der Waals surface area contributed by atoms with Gasteiger partial charge >= 0.3 is 0 Å². The average Bonchev–Trinajstić information content (AvgIpc) is 2.41. The van der Waals surface area contributed by atoms with Crippen molar-refractivity contribution in [2.45, 2.75) is 0 Å². The van der Waals surface area contributed by atoms with E-state index in [0.29, 0.717) is 0 Å². The summed E-state index contributed by atoms with van der Waals surface area (Å²) in [6.07, 6.45) is 3.09. The smallest absolute Gasteiger partial charge is 0.0508 e. The molecule has 7 heavy (non-hydrogen) atoms. The van der Waals surface area contributed by atoms with Gasteiger partial charge in [-0.05, 0) is 11.1 Å². The van der Waals surface area contributed by atoms with Crippen molar-refractivity contribution in [2.75, 3.05) is 0 Å². The van der Waals surface area contributed by atoms with Gasteiger partial charge in [-0.3, -0.25) is 0 Å². The average molecular weight is 88.1 g/mol. The molecule has 2 rings (SSSR count). The van der Waals surface area contributed by atoms with E-state index < -0.39 is 0 Å². The summed E-state index contributed by atoms with van der Waals surface area (Å²) < 4.78 is 0. The molecule has 0 heteroatoms. The van der Waals surface area contributed by atoms with Crippen LogP contribution in [0.15, 0.2) is 24.3 Å². The molecule has 1 aromatic carbocycles. The molecule has 0 atom stereocenters. The van der Waals surface area contributed by atoms with Gasteiger partial charge in [-0.2, -0.15) is 0 Å². The van der Waals surface area contributed by atoms with E-state index in [9.17, 15) is 0 Å². The number of hydrogen-bond acceptors (Lipinski definition) is 0. The van der Waals surface area contributed by atoms with E-state index in [-0.39, 0.29) is 0 Å². The fraction of sp³-hybridized carbons (Fsp3) is 0. The maximum absolute atomic E-state index is 3.09. The molecule has 32 valence electrons. The quantitative estimate of drug-likeness (QED) is 0.457. The lowest BCUT2D eigenvalue weighted by Gasteiger charge is -1.68. The molecule has 0 unspecified atom stereocenters. The van der Waals surface area contributed by atoms with Crippen molar-refractivity contribution in [1.29, 1.82) is 0 Å². The van der Waals surface area contributed by atoms with Gasteiger partial charge in [0.25, 0.3) is 0 Å². The van der Waals surface area contributed by atoms with Crippen molar-refractivity contribution >= 4 is 0 Å². The molecule has 0 N–H and O–H groups in total. The van der Waals surface area contributed by atoms with Crippen LogP contribution in [0.4, 0.5) is 0 Å². The molecule has 0 nitrogen and oxygen atoms in total. The van der Waals surface area contributed by atoms with Crippen LogP contribution in [0.1, 0.15) is 11.1 Å². The maximum Gasteiger partial charge on any atom is 0.0508 e. The van der Waals surface area contributed by atoms with E-state index >= 15 is 0 Å². The van der Waals surface area contributed by atoms with Crippen molar-refractivity contribution in [3.8, 4) is 0 Å². The van der Waals surface area contributed by atoms with Gasteiger partial charge in [0.05, 0.1) is 6.42 Å². The Morgan fingerprint density at radius 3 is 2.00 bits per heavy atom. The summed E-state index contributed by atoms with van der Waals surface area (Å²) in [5, 5.41) is 0. The summed E-state index contributed by atoms with van der Waals surface area (Å²) in [5.41, 5.74) is 2.56. The first-order valence-electron chi connectivity index (χ1n) is 2.33. The Hall–Kier alpha value is -0.780. The molecule has 0 saturated carbocycles. The Morgan fingerprint density at radius 2 is 1.57 bits per heavy atom. The number of benzene rings is 1. The van der Waals surface area contributed by atoms with Crippen molar-refractivity contribution < 1.29 is 0 Å². The second-order valence-electron chi connectivity index (χ2n) is 1.67. The molecule has 1 aromatic rings. The first-order valence-corrected chi connectivity index (χ1v) is 2.33. The Kier molecular flexibility index (Phi) is 0.413. The Labute approximate surface area is 42.8 Å². The Balaban J connectivity index is 2.73. The lowest BCUT2D eigenvalue weighted by atomic mass is 10.4. The summed E-state index contributed by atoms with van der Waals surface area (Å²) >= 11 is 0. The topological polar surface area (TPSA) is 0 Å². The van der Waals surface area contributed by atoms with Crippen LogP contribution in [0.5, 0.6) is 0 Å². The van der Waals surface area contributed by atoms with Gasteiger partial charge in [0.1, 0.15) is 0 Å². The fourth-order valence-corrected chi connectivity index (χ4v) is 0.680. The molecule has 1 aliphatic rings. The highest BCUT2D eigenvalue weighted by Gasteiger charge is 2.14. The largest absolute Gasteiger partial charge is 0.0619 e. The lowest BCUT2D eigenvalue weighted by Crippen LogP contribution is -1.48. The summed E-state index contributed by atoms with van der Waals surface area (Å²) in [6.45, 7) is 0. The van der Waals surface area contributed by atoms with Gasteiger partial charge < -0.3 is 0 Å². The normalized spacial score (nSPS) is 13.1. The summed E-state index contributed by atoms with van der Waals surface area (Å²) in [6, 6.07) is 8.18.